The van der Waals surface area contributed by atoms with Gasteiger partial charge in [0.05, 0.1) is 6.10 Å². The van der Waals surface area contributed by atoms with Gasteiger partial charge in [-0.2, -0.15) is 0 Å². The Morgan fingerprint density at radius 2 is 2.13 bits per heavy atom. The minimum atomic E-state index is -0.518. The summed E-state index contributed by atoms with van der Waals surface area (Å²) in [7, 11) is 0. The van der Waals surface area contributed by atoms with Crippen LogP contribution in [-0.4, -0.2) is 24.3 Å². The van der Waals surface area contributed by atoms with Gasteiger partial charge in [0.25, 0.3) is 0 Å². The molecule has 84 valence electrons. The third-order valence-corrected chi connectivity index (χ3v) is 2.57. The molecule has 0 amide bonds. The minimum absolute atomic E-state index is 0.251. The van der Waals surface area contributed by atoms with Crippen molar-refractivity contribution in [3.05, 3.63) is 33.8 Å². The second-order valence-electron chi connectivity index (χ2n) is 3.26. The zero-order valence-corrected chi connectivity index (χ0v) is 9.72. The van der Waals surface area contributed by atoms with Gasteiger partial charge in [-0.05, 0) is 17.7 Å². The first-order valence-corrected chi connectivity index (χ1v) is 5.42. The first-order valence-electron chi connectivity index (χ1n) is 4.66. The van der Waals surface area contributed by atoms with Gasteiger partial charge in [-0.25, -0.2) is 0 Å². The Bertz CT molecular complexity index is 320. The van der Waals surface area contributed by atoms with E-state index in [9.17, 15) is 5.11 Å². The smallest absolute Gasteiger partial charge is 0.0786 e. The van der Waals surface area contributed by atoms with Crippen LogP contribution in [0.4, 0.5) is 0 Å². The van der Waals surface area contributed by atoms with Crippen molar-refractivity contribution in [2.45, 2.75) is 12.6 Å². The molecule has 5 heteroatoms. The molecule has 0 aromatic heterocycles. The fraction of sp³-hybridized carbons (Fsp3) is 0.400. The maximum atomic E-state index is 9.21. The molecule has 0 bridgehead atoms. The third-order valence-electron chi connectivity index (χ3n) is 1.98. The highest BCUT2D eigenvalue weighted by atomic mass is 35.5. The molecule has 1 aromatic rings. The molecule has 3 nitrogen and oxygen atoms in total. The van der Waals surface area contributed by atoms with E-state index >= 15 is 0 Å². The van der Waals surface area contributed by atoms with Crippen LogP contribution < -0.4 is 11.1 Å². The van der Waals surface area contributed by atoms with Crippen LogP contribution in [0.25, 0.3) is 0 Å². The molecule has 0 fully saturated rings. The molecule has 1 unspecified atom stereocenters. The normalized spacial score (nSPS) is 12.8. The van der Waals surface area contributed by atoms with Crippen LogP contribution >= 0.6 is 23.2 Å². The van der Waals surface area contributed by atoms with E-state index in [1.54, 1.807) is 12.1 Å². The monoisotopic (exact) mass is 248 g/mol. The lowest BCUT2D eigenvalue weighted by Gasteiger charge is -2.10. The lowest BCUT2D eigenvalue weighted by atomic mass is 10.2. The number of hydrogen-bond acceptors (Lipinski definition) is 3. The summed E-state index contributed by atoms with van der Waals surface area (Å²) in [5.74, 6) is 0. The van der Waals surface area contributed by atoms with Crippen molar-refractivity contribution in [3.8, 4) is 0 Å². The van der Waals surface area contributed by atoms with Gasteiger partial charge in [-0.1, -0.05) is 29.3 Å². The van der Waals surface area contributed by atoms with Gasteiger partial charge in [0.1, 0.15) is 0 Å². The van der Waals surface area contributed by atoms with E-state index in [4.69, 9.17) is 28.9 Å². The number of aliphatic hydroxyl groups is 1. The van der Waals surface area contributed by atoms with Crippen molar-refractivity contribution in [1.82, 2.24) is 5.32 Å². The molecule has 0 saturated heterocycles. The lowest BCUT2D eigenvalue weighted by Crippen LogP contribution is -2.32. The molecule has 15 heavy (non-hydrogen) atoms. The molecule has 0 aliphatic heterocycles. The van der Waals surface area contributed by atoms with Gasteiger partial charge in [0.2, 0.25) is 0 Å². The fourth-order valence-corrected chi connectivity index (χ4v) is 1.60. The topological polar surface area (TPSA) is 58.3 Å². The average Bonchev–Trinajstić information content (AvgIpc) is 2.21. The lowest BCUT2D eigenvalue weighted by molar-refractivity contribution is 0.179. The van der Waals surface area contributed by atoms with E-state index in [0.29, 0.717) is 23.1 Å². The molecule has 1 aromatic carbocycles. The number of nitrogens with two attached hydrogens (primary N) is 1. The van der Waals surface area contributed by atoms with Crippen molar-refractivity contribution in [2.75, 3.05) is 13.1 Å². The summed E-state index contributed by atoms with van der Waals surface area (Å²) in [4.78, 5) is 0. The summed E-state index contributed by atoms with van der Waals surface area (Å²) < 4.78 is 0. The Morgan fingerprint density at radius 1 is 1.40 bits per heavy atom. The largest absolute Gasteiger partial charge is 0.390 e. The maximum Gasteiger partial charge on any atom is 0.0786 e. The van der Waals surface area contributed by atoms with E-state index in [-0.39, 0.29) is 6.54 Å². The molecule has 0 heterocycles. The molecular formula is C10H14Cl2N2O. The predicted molar refractivity (Wildman–Crippen MR) is 63.2 cm³/mol. The highest BCUT2D eigenvalue weighted by Crippen LogP contribution is 2.20. The Morgan fingerprint density at radius 3 is 2.73 bits per heavy atom. The van der Waals surface area contributed by atoms with Crippen LogP contribution in [0.5, 0.6) is 0 Å². The Labute approximate surface area is 99.2 Å². The van der Waals surface area contributed by atoms with Crippen molar-refractivity contribution in [1.29, 1.82) is 0 Å². The van der Waals surface area contributed by atoms with E-state index in [2.05, 4.69) is 5.32 Å². The maximum absolute atomic E-state index is 9.21. The van der Waals surface area contributed by atoms with Gasteiger partial charge < -0.3 is 16.2 Å². The quantitative estimate of drug-likeness (QED) is 0.739. The molecule has 1 atom stereocenters. The first kappa shape index (κ1) is 12.7. The zero-order chi connectivity index (χ0) is 11.3. The van der Waals surface area contributed by atoms with E-state index in [1.807, 2.05) is 6.07 Å². The van der Waals surface area contributed by atoms with E-state index in [0.717, 1.165) is 5.56 Å². The second kappa shape index (κ2) is 6.30. The van der Waals surface area contributed by atoms with Crippen molar-refractivity contribution < 1.29 is 5.11 Å². The molecular weight excluding hydrogens is 235 g/mol. The molecule has 1 rings (SSSR count). The highest BCUT2D eigenvalue weighted by Gasteiger charge is 2.03. The summed E-state index contributed by atoms with van der Waals surface area (Å²) in [5, 5.41) is 13.5. The van der Waals surface area contributed by atoms with Crippen LogP contribution in [0, 0.1) is 0 Å². The van der Waals surface area contributed by atoms with Gasteiger partial charge in [0.15, 0.2) is 0 Å². The molecule has 0 aliphatic rings. The van der Waals surface area contributed by atoms with Crippen molar-refractivity contribution in [3.63, 3.8) is 0 Å². The first-order chi connectivity index (χ1) is 7.13. The predicted octanol–water partition coefficient (Wildman–Crippen LogP) is 1.40. The minimum Gasteiger partial charge on any atom is -0.390 e. The van der Waals surface area contributed by atoms with Crippen molar-refractivity contribution in [2.24, 2.45) is 5.73 Å². The third kappa shape index (κ3) is 4.36. The van der Waals surface area contributed by atoms with Crippen LogP contribution in [0.1, 0.15) is 5.56 Å². The number of benzene rings is 1. The average molecular weight is 249 g/mol. The zero-order valence-electron chi connectivity index (χ0n) is 8.21. The molecule has 0 saturated carbocycles. The highest BCUT2D eigenvalue weighted by molar-refractivity contribution is 6.35. The number of nitrogens with one attached hydrogen (secondary N) is 1. The molecule has 0 aliphatic carbocycles. The van der Waals surface area contributed by atoms with Crippen LogP contribution in [0.2, 0.25) is 10.0 Å². The molecule has 0 radical (unpaired) electrons. The van der Waals surface area contributed by atoms with Crippen molar-refractivity contribution >= 4 is 23.2 Å². The van der Waals surface area contributed by atoms with Crippen LogP contribution in [0.3, 0.4) is 0 Å². The SMILES string of the molecule is NCC(O)CNCc1ccc(Cl)cc1Cl. The Balaban J connectivity index is 2.44. The molecule has 0 spiro atoms. The summed E-state index contributed by atoms with van der Waals surface area (Å²) in [6.45, 7) is 1.30. The fourth-order valence-electron chi connectivity index (χ4n) is 1.12. The van der Waals surface area contributed by atoms with Crippen LogP contribution in [-0.2, 0) is 6.54 Å². The van der Waals surface area contributed by atoms with Gasteiger partial charge in [0, 0.05) is 29.7 Å². The van der Waals surface area contributed by atoms with Gasteiger partial charge in [-0.3, -0.25) is 0 Å². The summed E-state index contributed by atoms with van der Waals surface area (Å²) in [5.41, 5.74) is 6.22. The summed E-state index contributed by atoms with van der Waals surface area (Å²) >= 11 is 11.7. The van der Waals surface area contributed by atoms with E-state index < -0.39 is 6.10 Å². The standard InChI is InChI=1S/C10H14Cl2N2O/c11-8-2-1-7(10(12)3-8)5-14-6-9(15)4-13/h1-3,9,14-15H,4-6,13H2. The number of rotatable bonds is 5. The summed E-state index contributed by atoms with van der Waals surface area (Å²) in [6, 6.07) is 5.33. The Kier molecular flexibility index (Phi) is 5.36. The van der Waals surface area contributed by atoms with E-state index in [1.165, 1.54) is 0 Å². The number of aliphatic hydroxyl groups excluding tert-OH is 1. The van der Waals surface area contributed by atoms with Crippen LogP contribution in [0.15, 0.2) is 18.2 Å². The Hall–Kier alpha value is -0.320. The van der Waals surface area contributed by atoms with Gasteiger partial charge in [-0.15, -0.1) is 0 Å². The summed E-state index contributed by atoms with van der Waals surface area (Å²) in [6.07, 6.45) is -0.518. The second-order valence-corrected chi connectivity index (χ2v) is 4.10. The number of halogens is 2. The molecule has 4 N–H and O–H groups in total. The van der Waals surface area contributed by atoms with Gasteiger partial charge >= 0.3 is 0 Å². The number of hydrogen-bond donors (Lipinski definition) is 3.